The molecule has 0 atom stereocenters. The quantitative estimate of drug-likeness (QED) is 0.573. The van der Waals surface area contributed by atoms with E-state index in [1.54, 1.807) is 0 Å². The molecular formula is C13H24ClN3. The fourth-order valence-electron chi connectivity index (χ4n) is 1.93. The molecule has 0 aliphatic heterocycles. The lowest BCUT2D eigenvalue weighted by molar-refractivity contribution is 0.285. The minimum absolute atomic E-state index is 0.255. The largest absolute Gasteiger partial charge is 0.334 e. The van der Waals surface area contributed by atoms with Gasteiger partial charge >= 0.3 is 0 Å². The van der Waals surface area contributed by atoms with Crippen molar-refractivity contribution in [2.24, 2.45) is 5.41 Å². The molecule has 0 saturated carbocycles. The van der Waals surface area contributed by atoms with E-state index < -0.39 is 0 Å². The minimum Gasteiger partial charge on any atom is -0.334 e. The highest BCUT2D eigenvalue weighted by atomic mass is 35.5. The van der Waals surface area contributed by atoms with Gasteiger partial charge in [-0.3, -0.25) is 0 Å². The van der Waals surface area contributed by atoms with Gasteiger partial charge in [-0.05, 0) is 25.2 Å². The van der Waals surface area contributed by atoms with Gasteiger partial charge in [0.05, 0.1) is 0 Å². The fraction of sp³-hybridized carbons (Fsp3) is 0.769. The molecule has 0 saturated heterocycles. The number of aryl methyl sites for hydroxylation is 1. The van der Waals surface area contributed by atoms with Crippen LogP contribution < -0.4 is 5.32 Å². The molecule has 0 spiro atoms. The molecule has 3 nitrogen and oxygen atoms in total. The van der Waals surface area contributed by atoms with Crippen LogP contribution in [0.2, 0.25) is 0 Å². The van der Waals surface area contributed by atoms with Crippen LogP contribution in [-0.4, -0.2) is 28.5 Å². The maximum absolute atomic E-state index is 6.07. The van der Waals surface area contributed by atoms with E-state index in [0.29, 0.717) is 0 Å². The number of imidazole rings is 1. The van der Waals surface area contributed by atoms with E-state index in [4.69, 9.17) is 11.6 Å². The summed E-state index contributed by atoms with van der Waals surface area (Å²) in [5.74, 6) is 1.80. The van der Waals surface area contributed by atoms with E-state index >= 15 is 0 Å². The molecular weight excluding hydrogens is 234 g/mol. The summed E-state index contributed by atoms with van der Waals surface area (Å²) in [4.78, 5) is 4.21. The molecule has 1 heterocycles. The topological polar surface area (TPSA) is 29.9 Å². The van der Waals surface area contributed by atoms with E-state index in [-0.39, 0.29) is 5.41 Å². The highest BCUT2D eigenvalue weighted by Gasteiger charge is 2.24. The summed E-state index contributed by atoms with van der Waals surface area (Å²) in [6, 6.07) is 0. The average molecular weight is 258 g/mol. The van der Waals surface area contributed by atoms with Crippen molar-refractivity contribution in [3.8, 4) is 0 Å². The fourth-order valence-corrected chi connectivity index (χ4v) is 2.40. The van der Waals surface area contributed by atoms with Gasteiger partial charge in [0, 0.05) is 37.9 Å². The smallest absolute Gasteiger partial charge is 0.105 e. The van der Waals surface area contributed by atoms with Crippen molar-refractivity contribution >= 4 is 11.6 Å². The van der Waals surface area contributed by atoms with Crippen molar-refractivity contribution in [2.75, 3.05) is 19.0 Å². The zero-order chi connectivity index (χ0) is 12.7. The molecule has 0 unspecified atom stereocenters. The van der Waals surface area contributed by atoms with Crippen molar-refractivity contribution in [3.05, 3.63) is 18.2 Å². The summed E-state index contributed by atoms with van der Waals surface area (Å²) >= 11 is 6.07. The van der Waals surface area contributed by atoms with Crippen LogP contribution >= 0.6 is 11.6 Å². The normalized spacial score (nSPS) is 12.0. The number of hydrogen-bond acceptors (Lipinski definition) is 2. The first-order valence-corrected chi connectivity index (χ1v) is 6.95. The molecule has 0 amide bonds. The average Bonchev–Trinajstić information content (AvgIpc) is 2.76. The molecule has 17 heavy (non-hydrogen) atoms. The Morgan fingerprint density at radius 3 is 2.59 bits per heavy atom. The molecule has 0 radical (unpaired) electrons. The van der Waals surface area contributed by atoms with Gasteiger partial charge in [-0.15, -0.1) is 11.6 Å². The molecule has 4 heteroatoms. The lowest BCUT2D eigenvalue weighted by Crippen LogP contribution is -2.36. The summed E-state index contributed by atoms with van der Waals surface area (Å²) < 4.78 is 2.16. The van der Waals surface area contributed by atoms with E-state index in [0.717, 1.165) is 44.2 Å². The highest BCUT2D eigenvalue weighted by Crippen LogP contribution is 2.26. The van der Waals surface area contributed by atoms with Gasteiger partial charge < -0.3 is 9.88 Å². The van der Waals surface area contributed by atoms with Crippen molar-refractivity contribution in [2.45, 2.75) is 40.2 Å². The maximum atomic E-state index is 6.07. The van der Waals surface area contributed by atoms with Crippen LogP contribution in [-0.2, 0) is 6.54 Å². The van der Waals surface area contributed by atoms with Gasteiger partial charge in [0.25, 0.3) is 0 Å². The second kappa shape index (κ2) is 7.02. The molecule has 0 aliphatic rings. The Labute approximate surface area is 110 Å². The first-order chi connectivity index (χ1) is 8.17. The lowest BCUT2D eigenvalue weighted by atomic mass is 9.84. The summed E-state index contributed by atoms with van der Waals surface area (Å²) in [5.41, 5.74) is 0.255. The van der Waals surface area contributed by atoms with Gasteiger partial charge in [-0.1, -0.05) is 13.8 Å². The first-order valence-electron chi connectivity index (χ1n) is 6.42. The summed E-state index contributed by atoms with van der Waals surface area (Å²) in [5, 5.41) is 3.51. The van der Waals surface area contributed by atoms with E-state index in [9.17, 15) is 0 Å². The number of hydrogen-bond donors (Lipinski definition) is 1. The van der Waals surface area contributed by atoms with Gasteiger partial charge in [0.2, 0.25) is 0 Å². The molecule has 98 valence electrons. The molecule has 0 aliphatic carbocycles. The molecule has 0 bridgehead atoms. The summed E-state index contributed by atoms with van der Waals surface area (Å²) in [6.45, 7) is 9.40. The van der Waals surface area contributed by atoms with Crippen LogP contribution in [0.25, 0.3) is 0 Å². The van der Waals surface area contributed by atoms with E-state index in [1.165, 1.54) is 0 Å². The predicted octanol–water partition coefficient (Wildman–Crippen LogP) is 2.83. The van der Waals surface area contributed by atoms with Crippen LogP contribution in [0.15, 0.2) is 12.4 Å². The van der Waals surface area contributed by atoms with Crippen LogP contribution in [0, 0.1) is 12.3 Å². The molecule has 1 aromatic heterocycles. The number of nitrogens with zero attached hydrogens (tertiary/aromatic N) is 2. The number of rotatable bonds is 8. The van der Waals surface area contributed by atoms with Crippen LogP contribution in [0.1, 0.15) is 32.5 Å². The van der Waals surface area contributed by atoms with Crippen LogP contribution in [0.5, 0.6) is 0 Å². The SMILES string of the molecule is CCC(CC)(CCl)CNCCn1ccnc1C. The zero-order valence-corrected chi connectivity index (χ0v) is 11.9. The van der Waals surface area contributed by atoms with Crippen molar-refractivity contribution in [1.29, 1.82) is 0 Å². The second-order valence-electron chi connectivity index (χ2n) is 4.69. The van der Waals surface area contributed by atoms with Gasteiger partial charge in [-0.2, -0.15) is 0 Å². The van der Waals surface area contributed by atoms with Gasteiger partial charge in [0.15, 0.2) is 0 Å². The van der Waals surface area contributed by atoms with Crippen LogP contribution in [0.3, 0.4) is 0 Å². The van der Waals surface area contributed by atoms with Gasteiger partial charge in [0.1, 0.15) is 5.82 Å². The third-order valence-corrected chi connectivity index (χ3v) is 4.30. The monoisotopic (exact) mass is 257 g/mol. The van der Waals surface area contributed by atoms with Crippen LogP contribution in [0.4, 0.5) is 0 Å². The maximum Gasteiger partial charge on any atom is 0.105 e. The first kappa shape index (κ1) is 14.5. The Morgan fingerprint density at radius 1 is 1.41 bits per heavy atom. The van der Waals surface area contributed by atoms with Crippen molar-refractivity contribution < 1.29 is 0 Å². The number of alkyl halides is 1. The zero-order valence-electron chi connectivity index (χ0n) is 11.2. The second-order valence-corrected chi connectivity index (χ2v) is 4.95. The van der Waals surface area contributed by atoms with Crippen molar-refractivity contribution in [3.63, 3.8) is 0 Å². The standard InChI is InChI=1S/C13H24ClN3/c1-4-13(5-2,10-14)11-15-6-8-17-9-7-16-12(17)3/h7,9,15H,4-6,8,10-11H2,1-3H3. The Kier molecular flexibility index (Phi) is 6.00. The Morgan fingerprint density at radius 2 is 2.12 bits per heavy atom. The Hall–Kier alpha value is -0.540. The number of nitrogens with one attached hydrogen (secondary N) is 1. The summed E-state index contributed by atoms with van der Waals surface area (Å²) in [6.07, 6.45) is 6.12. The van der Waals surface area contributed by atoms with E-state index in [2.05, 4.69) is 28.7 Å². The minimum atomic E-state index is 0.255. The Bertz CT molecular complexity index is 310. The molecule has 0 fully saturated rings. The third kappa shape index (κ3) is 4.00. The Balaban J connectivity index is 2.30. The van der Waals surface area contributed by atoms with Gasteiger partial charge in [-0.25, -0.2) is 4.98 Å². The molecule has 0 aromatic carbocycles. The molecule has 1 rings (SSSR count). The molecule has 1 aromatic rings. The summed E-state index contributed by atoms with van der Waals surface area (Å²) in [7, 11) is 0. The number of aromatic nitrogens is 2. The number of halogens is 1. The van der Waals surface area contributed by atoms with Crippen molar-refractivity contribution in [1.82, 2.24) is 14.9 Å². The third-order valence-electron chi connectivity index (χ3n) is 3.74. The van der Waals surface area contributed by atoms with E-state index in [1.807, 2.05) is 19.3 Å². The predicted molar refractivity (Wildman–Crippen MR) is 73.6 cm³/mol. The lowest BCUT2D eigenvalue weighted by Gasteiger charge is -2.29. The highest BCUT2D eigenvalue weighted by molar-refractivity contribution is 6.18. The molecule has 1 N–H and O–H groups in total.